The Morgan fingerprint density at radius 3 is 2.32 bits per heavy atom. The third-order valence-corrected chi connectivity index (χ3v) is 6.60. The molecule has 0 fully saturated rings. The van der Waals surface area contributed by atoms with Crippen molar-refractivity contribution >= 4 is 15.9 Å². The van der Waals surface area contributed by atoms with E-state index in [-0.39, 0.29) is 10.8 Å². The predicted octanol–water partition coefficient (Wildman–Crippen LogP) is 3.01. The summed E-state index contributed by atoms with van der Waals surface area (Å²) in [5.74, 6) is 0.512. The van der Waals surface area contributed by atoms with E-state index in [0.29, 0.717) is 24.3 Å². The largest absolute Gasteiger partial charge is 0.492 e. The fourth-order valence-electron chi connectivity index (χ4n) is 2.74. The summed E-state index contributed by atoms with van der Waals surface area (Å²) in [6.07, 6.45) is 0. The van der Waals surface area contributed by atoms with Crippen LogP contribution in [0.2, 0.25) is 0 Å². The maximum absolute atomic E-state index is 12.8. The van der Waals surface area contributed by atoms with E-state index in [4.69, 9.17) is 4.74 Å². The zero-order valence-electron chi connectivity index (χ0n) is 17.3. The first-order valence-corrected chi connectivity index (χ1v) is 10.5. The molecule has 0 atom stereocenters. The molecular formula is C21H28N2O4S. The summed E-state index contributed by atoms with van der Waals surface area (Å²) < 4.78 is 32.0. The number of sulfonamides is 1. The minimum atomic E-state index is -3.63. The van der Waals surface area contributed by atoms with Gasteiger partial charge in [0.25, 0.3) is 5.91 Å². The lowest BCUT2D eigenvalue weighted by Gasteiger charge is -2.20. The minimum absolute atomic E-state index is 0.158. The van der Waals surface area contributed by atoms with Gasteiger partial charge in [0.15, 0.2) is 0 Å². The predicted molar refractivity (Wildman–Crippen MR) is 110 cm³/mol. The number of likely N-dealkylation sites (N-methyl/N-ethyl adjacent to an activating group) is 1. The van der Waals surface area contributed by atoms with Crippen LogP contribution in [-0.2, 0) is 10.0 Å². The normalized spacial score (nSPS) is 11.5. The molecule has 0 aliphatic carbocycles. The standard InChI is InChI=1S/C21H28N2O4S/c1-15-8-7-9-19(12-15)27-11-10-23(6)21(24)18-13-16(2)17(3)20(14-18)28(25,26)22(4)5/h7-9,12-14H,10-11H2,1-6H3. The van der Waals surface area contributed by atoms with Crippen molar-refractivity contribution in [1.82, 2.24) is 9.21 Å². The number of carbonyl (C=O) groups excluding carboxylic acids is 1. The van der Waals surface area contributed by atoms with E-state index in [1.54, 1.807) is 20.0 Å². The molecule has 1 amide bonds. The molecule has 0 radical (unpaired) electrons. The Labute approximate surface area is 167 Å². The highest BCUT2D eigenvalue weighted by atomic mass is 32.2. The molecule has 2 aromatic rings. The molecule has 0 aromatic heterocycles. The molecule has 0 heterocycles. The summed E-state index contributed by atoms with van der Waals surface area (Å²) >= 11 is 0. The average molecular weight is 405 g/mol. The van der Waals surface area contributed by atoms with Gasteiger partial charge in [0.1, 0.15) is 12.4 Å². The van der Waals surface area contributed by atoms with Gasteiger partial charge in [-0.2, -0.15) is 0 Å². The van der Waals surface area contributed by atoms with Gasteiger partial charge in [-0.25, -0.2) is 12.7 Å². The lowest BCUT2D eigenvalue weighted by molar-refractivity contribution is 0.0773. The zero-order valence-corrected chi connectivity index (χ0v) is 18.1. The van der Waals surface area contributed by atoms with E-state index in [9.17, 15) is 13.2 Å². The quantitative estimate of drug-likeness (QED) is 0.711. The van der Waals surface area contributed by atoms with Crippen LogP contribution in [0.15, 0.2) is 41.3 Å². The number of hydrogen-bond acceptors (Lipinski definition) is 4. The maximum Gasteiger partial charge on any atom is 0.253 e. The lowest BCUT2D eigenvalue weighted by Crippen LogP contribution is -2.31. The number of benzene rings is 2. The van der Waals surface area contributed by atoms with Crippen LogP contribution < -0.4 is 4.74 Å². The van der Waals surface area contributed by atoms with Crippen molar-refractivity contribution in [2.75, 3.05) is 34.3 Å². The molecule has 152 valence electrons. The van der Waals surface area contributed by atoms with Crippen LogP contribution in [-0.4, -0.2) is 57.8 Å². The topological polar surface area (TPSA) is 66.9 Å². The lowest BCUT2D eigenvalue weighted by atomic mass is 10.1. The van der Waals surface area contributed by atoms with Crippen molar-refractivity contribution in [3.8, 4) is 5.75 Å². The number of ether oxygens (including phenoxy) is 1. The van der Waals surface area contributed by atoms with Gasteiger partial charge in [0, 0.05) is 26.7 Å². The summed E-state index contributed by atoms with van der Waals surface area (Å²) in [5.41, 5.74) is 2.86. The second-order valence-corrected chi connectivity index (χ2v) is 9.22. The fourth-order valence-corrected chi connectivity index (χ4v) is 3.96. The number of nitrogens with zero attached hydrogens (tertiary/aromatic N) is 2. The average Bonchev–Trinajstić information content (AvgIpc) is 2.62. The van der Waals surface area contributed by atoms with Crippen molar-refractivity contribution in [3.63, 3.8) is 0 Å². The number of rotatable bonds is 7. The molecule has 6 nitrogen and oxygen atoms in total. The van der Waals surface area contributed by atoms with E-state index in [1.165, 1.54) is 25.1 Å². The van der Waals surface area contributed by atoms with Crippen LogP contribution in [0, 0.1) is 20.8 Å². The smallest absolute Gasteiger partial charge is 0.253 e. The first kappa shape index (κ1) is 21.9. The van der Waals surface area contributed by atoms with Crippen molar-refractivity contribution in [2.24, 2.45) is 0 Å². The number of carbonyl (C=O) groups is 1. The Hall–Kier alpha value is -2.38. The van der Waals surface area contributed by atoms with Gasteiger partial charge < -0.3 is 9.64 Å². The Morgan fingerprint density at radius 2 is 1.71 bits per heavy atom. The summed E-state index contributed by atoms with van der Waals surface area (Å²) in [6, 6.07) is 10.9. The Balaban J connectivity index is 2.15. The van der Waals surface area contributed by atoms with Crippen molar-refractivity contribution in [2.45, 2.75) is 25.7 Å². The molecule has 0 spiro atoms. The molecule has 0 aliphatic heterocycles. The molecule has 7 heteroatoms. The minimum Gasteiger partial charge on any atom is -0.492 e. The van der Waals surface area contributed by atoms with E-state index in [0.717, 1.165) is 21.2 Å². The molecule has 0 N–H and O–H groups in total. The zero-order chi connectivity index (χ0) is 21.1. The van der Waals surface area contributed by atoms with Crippen molar-refractivity contribution in [3.05, 3.63) is 58.7 Å². The third kappa shape index (κ3) is 4.91. The van der Waals surface area contributed by atoms with E-state index in [1.807, 2.05) is 38.1 Å². The first-order valence-electron chi connectivity index (χ1n) is 9.02. The molecule has 0 saturated heterocycles. The second kappa shape index (κ2) is 8.75. The Kier molecular flexibility index (Phi) is 6.85. The van der Waals surface area contributed by atoms with Gasteiger partial charge in [-0.3, -0.25) is 4.79 Å². The molecule has 2 rings (SSSR count). The Morgan fingerprint density at radius 1 is 1.04 bits per heavy atom. The summed E-state index contributed by atoms with van der Waals surface area (Å²) in [7, 11) is 1.01. The second-order valence-electron chi connectivity index (χ2n) is 7.10. The van der Waals surface area contributed by atoms with Gasteiger partial charge in [-0.05, 0) is 61.7 Å². The molecule has 2 aromatic carbocycles. The van der Waals surface area contributed by atoms with Crippen molar-refractivity contribution in [1.29, 1.82) is 0 Å². The first-order chi connectivity index (χ1) is 13.0. The van der Waals surface area contributed by atoms with Gasteiger partial charge in [-0.1, -0.05) is 12.1 Å². The van der Waals surface area contributed by atoms with Gasteiger partial charge in [0.2, 0.25) is 10.0 Å². The molecule has 28 heavy (non-hydrogen) atoms. The summed E-state index contributed by atoms with van der Waals surface area (Å²) in [6.45, 7) is 6.28. The van der Waals surface area contributed by atoms with E-state index < -0.39 is 10.0 Å². The van der Waals surface area contributed by atoms with E-state index in [2.05, 4.69) is 0 Å². The van der Waals surface area contributed by atoms with Crippen LogP contribution in [0.1, 0.15) is 27.0 Å². The summed E-state index contributed by atoms with van der Waals surface area (Å²) in [4.78, 5) is 14.5. The number of amides is 1. The van der Waals surface area contributed by atoms with Gasteiger partial charge >= 0.3 is 0 Å². The van der Waals surface area contributed by atoms with Crippen LogP contribution in [0.25, 0.3) is 0 Å². The van der Waals surface area contributed by atoms with Gasteiger partial charge in [-0.15, -0.1) is 0 Å². The maximum atomic E-state index is 12.8. The van der Waals surface area contributed by atoms with E-state index >= 15 is 0 Å². The summed E-state index contributed by atoms with van der Waals surface area (Å²) in [5, 5.41) is 0. The molecule has 0 saturated carbocycles. The van der Waals surface area contributed by atoms with Crippen LogP contribution in [0.4, 0.5) is 0 Å². The monoisotopic (exact) mass is 404 g/mol. The highest BCUT2D eigenvalue weighted by molar-refractivity contribution is 7.89. The number of hydrogen-bond donors (Lipinski definition) is 0. The molecular weight excluding hydrogens is 376 g/mol. The van der Waals surface area contributed by atoms with Gasteiger partial charge in [0.05, 0.1) is 11.4 Å². The molecule has 0 bridgehead atoms. The highest BCUT2D eigenvalue weighted by Crippen LogP contribution is 2.24. The highest BCUT2D eigenvalue weighted by Gasteiger charge is 2.23. The molecule has 0 aliphatic rings. The van der Waals surface area contributed by atoms with Crippen molar-refractivity contribution < 1.29 is 17.9 Å². The molecule has 0 unspecified atom stereocenters. The fraction of sp³-hybridized carbons (Fsp3) is 0.381. The SMILES string of the molecule is Cc1cccc(OCCN(C)C(=O)c2cc(C)c(C)c(S(=O)(=O)N(C)C)c2)c1. The van der Waals surface area contributed by atoms with Crippen LogP contribution in [0.3, 0.4) is 0 Å². The van der Waals surface area contributed by atoms with Crippen LogP contribution in [0.5, 0.6) is 5.75 Å². The van der Waals surface area contributed by atoms with Crippen LogP contribution >= 0.6 is 0 Å². The Bertz CT molecular complexity index is 968. The third-order valence-electron chi connectivity index (χ3n) is 4.66. The number of aryl methyl sites for hydroxylation is 2.